The molecule has 1 spiro atoms. The number of amides is 4. The average molecular weight is 369 g/mol. The molecule has 2 N–H and O–H groups in total. The molecule has 3 fully saturated rings. The molecule has 3 aliphatic rings. The van der Waals surface area contributed by atoms with Gasteiger partial charge in [0.15, 0.2) is 0 Å². The molecule has 6 nitrogen and oxygen atoms in total. The summed E-state index contributed by atoms with van der Waals surface area (Å²) in [5, 5.41) is 6.00. The maximum Gasteiger partial charge on any atom is 0.325 e. The van der Waals surface area contributed by atoms with E-state index in [1.54, 1.807) is 0 Å². The van der Waals surface area contributed by atoms with Gasteiger partial charge in [0.2, 0.25) is 5.91 Å². The largest absolute Gasteiger partial charge is 0.349 e. The van der Waals surface area contributed by atoms with Crippen molar-refractivity contribution in [1.82, 2.24) is 15.5 Å². The van der Waals surface area contributed by atoms with E-state index in [1.165, 1.54) is 4.90 Å². The number of urea groups is 1. The summed E-state index contributed by atoms with van der Waals surface area (Å²) in [6, 6.07) is 9.67. The predicted molar refractivity (Wildman–Crippen MR) is 101 cm³/mol. The summed E-state index contributed by atoms with van der Waals surface area (Å²) in [7, 11) is 0. The van der Waals surface area contributed by atoms with Crippen LogP contribution in [0.3, 0.4) is 0 Å². The fraction of sp³-hybridized carbons (Fsp3) is 0.571. The minimum absolute atomic E-state index is 0.0199. The highest BCUT2D eigenvalue weighted by Gasteiger charge is 2.51. The molecule has 1 aromatic carbocycles. The van der Waals surface area contributed by atoms with E-state index in [1.807, 2.05) is 30.3 Å². The first kappa shape index (κ1) is 18.0. The van der Waals surface area contributed by atoms with Crippen molar-refractivity contribution in [3.05, 3.63) is 35.9 Å². The first-order valence-corrected chi connectivity index (χ1v) is 10.1. The lowest BCUT2D eigenvalue weighted by Gasteiger charge is -2.30. The summed E-state index contributed by atoms with van der Waals surface area (Å²) >= 11 is 0. The van der Waals surface area contributed by atoms with Crippen molar-refractivity contribution < 1.29 is 14.4 Å². The number of carbonyl (C=O) groups is 3. The Bertz CT molecular complexity index is 723. The quantitative estimate of drug-likeness (QED) is 0.757. The van der Waals surface area contributed by atoms with E-state index in [0.29, 0.717) is 18.8 Å². The number of imide groups is 1. The van der Waals surface area contributed by atoms with Crippen LogP contribution in [0.25, 0.3) is 0 Å². The van der Waals surface area contributed by atoms with Crippen LogP contribution in [0.5, 0.6) is 0 Å². The van der Waals surface area contributed by atoms with Gasteiger partial charge in [-0.3, -0.25) is 14.5 Å². The zero-order valence-corrected chi connectivity index (χ0v) is 15.6. The Labute approximate surface area is 159 Å². The molecule has 0 unspecified atom stereocenters. The monoisotopic (exact) mass is 369 g/mol. The van der Waals surface area contributed by atoms with Crippen LogP contribution in [0, 0.1) is 5.92 Å². The van der Waals surface area contributed by atoms with E-state index in [0.717, 1.165) is 37.7 Å². The summed E-state index contributed by atoms with van der Waals surface area (Å²) < 4.78 is 0. The lowest BCUT2D eigenvalue weighted by molar-refractivity contribution is -0.132. The van der Waals surface area contributed by atoms with Crippen LogP contribution in [0.1, 0.15) is 63.0 Å². The Hall–Kier alpha value is -2.37. The number of hydrogen-bond acceptors (Lipinski definition) is 3. The van der Waals surface area contributed by atoms with Gasteiger partial charge < -0.3 is 10.6 Å². The molecule has 0 bridgehead atoms. The lowest BCUT2D eigenvalue weighted by Crippen LogP contribution is -2.48. The molecular weight excluding hydrogens is 342 g/mol. The van der Waals surface area contributed by atoms with E-state index in [9.17, 15) is 14.4 Å². The Kier molecular flexibility index (Phi) is 4.89. The van der Waals surface area contributed by atoms with Crippen LogP contribution in [0.4, 0.5) is 4.79 Å². The second-order valence-corrected chi connectivity index (χ2v) is 8.07. The molecule has 1 saturated heterocycles. The smallest absolute Gasteiger partial charge is 0.325 e. The van der Waals surface area contributed by atoms with Gasteiger partial charge >= 0.3 is 6.03 Å². The summed E-state index contributed by atoms with van der Waals surface area (Å²) in [4.78, 5) is 38.8. The van der Waals surface area contributed by atoms with Crippen molar-refractivity contribution in [2.45, 2.75) is 62.9 Å². The molecule has 1 heterocycles. The maximum atomic E-state index is 12.8. The van der Waals surface area contributed by atoms with Gasteiger partial charge in [0.1, 0.15) is 5.54 Å². The summed E-state index contributed by atoms with van der Waals surface area (Å²) in [5.74, 6) is 0.223. The zero-order valence-electron chi connectivity index (χ0n) is 15.6. The third kappa shape index (κ3) is 3.70. The number of benzene rings is 1. The van der Waals surface area contributed by atoms with Crippen molar-refractivity contribution in [3.63, 3.8) is 0 Å². The summed E-state index contributed by atoms with van der Waals surface area (Å²) in [6.07, 6.45) is 6.82. The van der Waals surface area contributed by atoms with Crippen molar-refractivity contribution in [2.24, 2.45) is 5.92 Å². The van der Waals surface area contributed by atoms with E-state index in [2.05, 4.69) is 10.6 Å². The number of nitrogens with one attached hydrogen (secondary N) is 2. The normalized spacial score (nSPS) is 22.6. The molecule has 144 valence electrons. The zero-order chi connectivity index (χ0) is 18.9. The van der Waals surface area contributed by atoms with Crippen LogP contribution in [-0.4, -0.2) is 34.8 Å². The molecule has 1 atom stereocenters. The third-order valence-corrected chi connectivity index (χ3v) is 6.08. The highest BCUT2D eigenvalue weighted by Crippen LogP contribution is 2.41. The predicted octanol–water partition coefficient (Wildman–Crippen LogP) is 2.90. The van der Waals surface area contributed by atoms with Gasteiger partial charge in [0.25, 0.3) is 5.91 Å². The highest BCUT2D eigenvalue weighted by atomic mass is 16.2. The number of carbonyl (C=O) groups excluding carboxylic acids is 3. The molecule has 2 aliphatic carbocycles. The van der Waals surface area contributed by atoms with Crippen molar-refractivity contribution in [2.75, 3.05) is 6.54 Å². The van der Waals surface area contributed by atoms with Crippen molar-refractivity contribution >= 4 is 17.8 Å². The molecule has 4 amide bonds. The van der Waals surface area contributed by atoms with Crippen LogP contribution in [0.15, 0.2) is 30.3 Å². The van der Waals surface area contributed by atoms with Gasteiger partial charge in [-0.1, -0.05) is 49.6 Å². The van der Waals surface area contributed by atoms with E-state index >= 15 is 0 Å². The molecule has 27 heavy (non-hydrogen) atoms. The first-order chi connectivity index (χ1) is 13.1. The Morgan fingerprint density at radius 3 is 2.52 bits per heavy atom. The topological polar surface area (TPSA) is 78.5 Å². The number of hydrogen-bond donors (Lipinski definition) is 2. The summed E-state index contributed by atoms with van der Waals surface area (Å²) in [5.41, 5.74) is 0.399. The Morgan fingerprint density at radius 2 is 1.85 bits per heavy atom. The molecule has 4 rings (SSSR count). The Balaban J connectivity index is 1.35. The van der Waals surface area contributed by atoms with Crippen LogP contribution in [-0.2, 0) is 9.59 Å². The first-order valence-electron chi connectivity index (χ1n) is 10.1. The standard InChI is InChI=1S/C21H27N3O3/c25-17(22-18(16-9-10-16)15-7-3-1-4-8-15)11-14-24-19(26)21(23-20(24)27)12-5-2-6-13-21/h1,3-4,7-8,16,18H,2,5-6,9-14H2,(H,22,25)(H,23,27)/t18-/m1/s1. The molecule has 0 radical (unpaired) electrons. The molecule has 1 aliphatic heterocycles. The van der Waals surface area contributed by atoms with Gasteiger partial charge in [0.05, 0.1) is 6.04 Å². The average Bonchev–Trinajstić information content (AvgIpc) is 3.49. The fourth-order valence-electron chi connectivity index (χ4n) is 4.40. The molecule has 1 aromatic rings. The lowest BCUT2D eigenvalue weighted by atomic mass is 9.82. The maximum absolute atomic E-state index is 12.8. The van der Waals surface area contributed by atoms with Gasteiger partial charge in [-0.15, -0.1) is 0 Å². The van der Waals surface area contributed by atoms with Crippen molar-refractivity contribution in [1.29, 1.82) is 0 Å². The second-order valence-electron chi connectivity index (χ2n) is 8.07. The minimum Gasteiger partial charge on any atom is -0.349 e. The number of nitrogens with zero attached hydrogens (tertiary/aromatic N) is 1. The second kappa shape index (κ2) is 7.33. The summed E-state index contributed by atoms with van der Waals surface area (Å²) in [6.45, 7) is 0.143. The minimum atomic E-state index is -0.716. The van der Waals surface area contributed by atoms with Gasteiger partial charge in [-0.2, -0.15) is 0 Å². The molecule has 2 saturated carbocycles. The van der Waals surface area contributed by atoms with Gasteiger partial charge in [-0.05, 0) is 37.2 Å². The number of rotatable bonds is 6. The van der Waals surface area contributed by atoms with Gasteiger partial charge in [0, 0.05) is 13.0 Å². The van der Waals surface area contributed by atoms with Crippen LogP contribution in [0.2, 0.25) is 0 Å². The van der Waals surface area contributed by atoms with E-state index in [-0.39, 0.29) is 36.9 Å². The van der Waals surface area contributed by atoms with E-state index in [4.69, 9.17) is 0 Å². The molecular formula is C21H27N3O3. The third-order valence-electron chi connectivity index (χ3n) is 6.08. The van der Waals surface area contributed by atoms with Gasteiger partial charge in [-0.25, -0.2) is 4.79 Å². The molecule has 6 heteroatoms. The highest BCUT2D eigenvalue weighted by molar-refractivity contribution is 6.07. The Morgan fingerprint density at radius 1 is 1.15 bits per heavy atom. The van der Waals surface area contributed by atoms with Crippen LogP contribution < -0.4 is 10.6 Å². The molecule has 0 aromatic heterocycles. The van der Waals surface area contributed by atoms with E-state index < -0.39 is 5.54 Å². The van der Waals surface area contributed by atoms with Crippen molar-refractivity contribution in [3.8, 4) is 0 Å². The SMILES string of the molecule is O=C(CCN1C(=O)NC2(CCCCC2)C1=O)N[C@H](c1ccccc1)C1CC1. The fourth-order valence-corrected chi connectivity index (χ4v) is 4.40. The van der Waals surface area contributed by atoms with Crippen LogP contribution >= 0.6 is 0 Å².